The lowest BCUT2D eigenvalue weighted by Crippen LogP contribution is -2.53. The van der Waals surface area contributed by atoms with Crippen molar-refractivity contribution < 1.29 is 9.53 Å². The summed E-state index contributed by atoms with van der Waals surface area (Å²) in [5.74, 6) is 0.149. The fourth-order valence-corrected chi connectivity index (χ4v) is 5.44. The van der Waals surface area contributed by atoms with Gasteiger partial charge in [0, 0.05) is 51.8 Å². The summed E-state index contributed by atoms with van der Waals surface area (Å²) in [7, 11) is 1.76. The molecule has 0 spiro atoms. The molecule has 0 saturated carbocycles. The summed E-state index contributed by atoms with van der Waals surface area (Å²) in [6.07, 6.45) is 7.23. The third-order valence-corrected chi connectivity index (χ3v) is 8.22. The zero-order chi connectivity index (χ0) is 26.6. The molecular weight excluding hydrogens is 462 g/mol. The Hall–Kier alpha value is -2.79. The van der Waals surface area contributed by atoms with E-state index < -0.39 is 0 Å². The van der Waals surface area contributed by atoms with Crippen molar-refractivity contribution in [2.24, 2.45) is 5.41 Å². The van der Waals surface area contributed by atoms with Crippen LogP contribution in [0.4, 0.5) is 0 Å². The highest BCUT2D eigenvalue weighted by Crippen LogP contribution is 2.40. The van der Waals surface area contributed by atoms with Gasteiger partial charge in [0.1, 0.15) is 11.8 Å². The zero-order valence-electron chi connectivity index (χ0n) is 23.1. The number of hydrogen-bond acceptors (Lipinski definition) is 6. The minimum Gasteiger partial charge on any atom is -0.383 e. The molecule has 0 radical (unpaired) electrons. The Morgan fingerprint density at radius 2 is 2.00 bits per heavy atom. The van der Waals surface area contributed by atoms with Crippen LogP contribution in [0.15, 0.2) is 30.5 Å². The van der Waals surface area contributed by atoms with Gasteiger partial charge in [0.2, 0.25) is 5.78 Å². The van der Waals surface area contributed by atoms with Crippen LogP contribution in [0.1, 0.15) is 80.0 Å². The maximum Gasteiger partial charge on any atom is 0.202 e. The van der Waals surface area contributed by atoms with Gasteiger partial charge in [-0.05, 0) is 66.9 Å². The van der Waals surface area contributed by atoms with Gasteiger partial charge in [0.25, 0.3) is 0 Å². The molecule has 0 unspecified atom stereocenters. The summed E-state index contributed by atoms with van der Waals surface area (Å²) in [5.41, 5.74) is 5.30. The van der Waals surface area contributed by atoms with Crippen LogP contribution >= 0.6 is 0 Å². The fourth-order valence-electron chi connectivity index (χ4n) is 5.44. The van der Waals surface area contributed by atoms with Gasteiger partial charge < -0.3 is 9.72 Å². The number of ketones is 1. The van der Waals surface area contributed by atoms with Gasteiger partial charge in [-0.2, -0.15) is 5.26 Å². The van der Waals surface area contributed by atoms with Gasteiger partial charge in [-0.15, -0.1) is 0 Å². The third kappa shape index (κ3) is 6.38. The van der Waals surface area contributed by atoms with E-state index in [4.69, 9.17) is 10.00 Å². The Balaban J connectivity index is 1.60. The molecule has 7 nitrogen and oxygen atoms in total. The number of carbonyl (C=O) groups excluding carboxylic acids is 1. The fraction of sp³-hybridized carbons (Fsp3) is 0.567. The summed E-state index contributed by atoms with van der Waals surface area (Å²) < 4.78 is 5.26. The highest BCUT2D eigenvalue weighted by Gasteiger charge is 2.33. The predicted molar refractivity (Wildman–Crippen MR) is 146 cm³/mol. The van der Waals surface area contributed by atoms with Crippen LogP contribution in [0.2, 0.25) is 0 Å². The van der Waals surface area contributed by atoms with Crippen LogP contribution in [-0.4, -0.2) is 72.0 Å². The molecule has 0 atom stereocenters. The lowest BCUT2D eigenvalue weighted by molar-refractivity contribution is 0.0396. The van der Waals surface area contributed by atoms with E-state index in [1.807, 2.05) is 6.07 Å². The minimum absolute atomic E-state index is 0.0984. The Bertz CT molecular complexity index is 1180. The largest absolute Gasteiger partial charge is 0.383 e. The first kappa shape index (κ1) is 27.3. The molecule has 1 aliphatic carbocycles. The number of rotatable bonds is 9. The summed E-state index contributed by atoms with van der Waals surface area (Å²) in [6.45, 7) is 15.1. The number of nitriles is 1. The van der Waals surface area contributed by atoms with E-state index in [1.165, 1.54) is 22.9 Å². The predicted octanol–water partition coefficient (Wildman–Crippen LogP) is 4.80. The van der Waals surface area contributed by atoms with Crippen LogP contribution < -0.4 is 0 Å². The first-order chi connectivity index (χ1) is 17.6. The smallest absolute Gasteiger partial charge is 0.202 e. The first-order valence-corrected chi connectivity index (χ1v) is 13.4. The van der Waals surface area contributed by atoms with E-state index in [-0.39, 0.29) is 23.6 Å². The van der Waals surface area contributed by atoms with Crippen molar-refractivity contribution in [3.63, 3.8) is 0 Å². The topological polar surface area (TPSA) is 85.2 Å². The second-order valence-electron chi connectivity index (χ2n) is 11.7. The van der Waals surface area contributed by atoms with Gasteiger partial charge in [-0.3, -0.25) is 14.6 Å². The monoisotopic (exact) mass is 503 g/mol. The number of allylic oxidation sites excluding steroid dienone is 2. The van der Waals surface area contributed by atoms with Gasteiger partial charge >= 0.3 is 0 Å². The number of imidazole rings is 1. The molecular formula is C30H41N5O2. The van der Waals surface area contributed by atoms with E-state index in [0.717, 1.165) is 64.2 Å². The number of ether oxygens (including phenoxy) is 1. The highest BCUT2D eigenvalue weighted by atomic mass is 16.5. The zero-order valence-corrected chi connectivity index (χ0v) is 23.1. The van der Waals surface area contributed by atoms with Crippen LogP contribution in [-0.2, 0) is 16.7 Å². The second kappa shape index (κ2) is 11.3. The first-order valence-electron chi connectivity index (χ1n) is 13.4. The van der Waals surface area contributed by atoms with Crippen molar-refractivity contribution >= 4 is 11.4 Å². The molecule has 1 aliphatic heterocycles. The number of carbonyl (C=O) groups is 1. The SMILES string of the molecule is COCCN1CCN(C(C)(C)c2ccc(CC(=O)c3ncc(C#N)[nH]3)c(C3=CCC(C)(C)CC3)c2)CC1. The quantitative estimate of drug-likeness (QED) is 0.495. The van der Waals surface area contributed by atoms with E-state index in [2.05, 4.69) is 71.7 Å². The molecule has 0 amide bonds. The normalized spacial score (nSPS) is 18.9. The second-order valence-corrected chi connectivity index (χ2v) is 11.7. The van der Waals surface area contributed by atoms with E-state index in [9.17, 15) is 4.79 Å². The van der Waals surface area contributed by atoms with Gasteiger partial charge in [0.15, 0.2) is 5.82 Å². The summed E-state index contributed by atoms with van der Waals surface area (Å²) >= 11 is 0. The Morgan fingerprint density at radius 3 is 2.62 bits per heavy atom. The van der Waals surface area contributed by atoms with E-state index >= 15 is 0 Å². The number of piperazine rings is 1. The number of H-pyrrole nitrogens is 1. The standard InChI is InChI=1S/C30H41N5O2/c1-29(2)10-8-22(9-11-29)26-19-24(30(3,4)35-14-12-34(13-15-35)16-17-37-5)7-6-23(26)18-27(36)28-32-21-25(20-31)33-28/h6-8,19,21H,9-18H2,1-5H3,(H,32,33). The molecule has 1 N–H and O–H groups in total. The molecule has 0 bridgehead atoms. The highest BCUT2D eigenvalue weighted by molar-refractivity contribution is 5.95. The molecule has 2 heterocycles. The van der Waals surface area contributed by atoms with Crippen molar-refractivity contribution in [3.05, 3.63) is 58.7 Å². The summed E-state index contributed by atoms with van der Waals surface area (Å²) in [5, 5.41) is 9.09. The van der Waals surface area contributed by atoms with Crippen molar-refractivity contribution in [1.82, 2.24) is 19.8 Å². The number of Topliss-reactive ketones (excluding diaryl/α,β-unsaturated/α-hetero) is 1. The van der Waals surface area contributed by atoms with Gasteiger partial charge in [-0.25, -0.2) is 4.98 Å². The molecule has 2 aliphatic rings. The Kier molecular flexibility index (Phi) is 8.33. The Labute approximate surface area is 221 Å². The third-order valence-electron chi connectivity index (χ3n) is 8.22. The molecule has 7 heteroatoms. The molecule has 4 rings (SSSR count). The number of methoxy groups -OCH3 is 1. The van der Waals surface area contributed by atoms with Crippen molar-refractivity contribution in [3.8, 4) is 6.07 Å². The van der Waals surface area contributed by atoms with Crippen molar-refractivity contribution in [1.29, 1.82) is 5.26 Å². The molecule has 2 aromatic rings. The maximum atomic E-state index is 13.1. The molecule has 37 heavy (non-hydrogen) atoms. The maximum absolute atomic E-state index is 13.1. The average molecular weight is 504 g/mol. The van der Waals surface area contributed by atoms with Crippen LogP contribution in [0.3, 0.4) is 0 Å². The number of hydrogen-bond donors (Lipinski definition) is 1. The van der Waals surface area contributed by atoms with Crippen LogP contribution in [0.5, 0.6) is 0 Å². The number of nitrogens with zero attached hydrogens (tertiary/aromatic N) is 4. The Morgan fingerprint density at radius 1 is 1.24 bits per heavy atom. The molecule has 1 saturated heterocycles. The van der Waals surface area contributed by atoms with Crippen molar-refractivity contribution in [2.75, 3.05) is 46.4 Å². The lowest BCUT2D eigenvalue weighted by Gasteiger charge is -2.44. The summed E-state index contributed by atoms with van der Waals surface area (Å²) in [6, 6.07) is 8.66. The summed E-state index contributed by atoms with van der Waals surface area (Å²) in [4.78, 5) is 25.1. The van der Waals surface area contributed by atoms with Gasteiger partial charge in [0.05, 0.1) is 12.8 Å². The van der Waals surface area contributed by atoms with Gasteiger partial charge in [-0.1, -0.05) is 32.1 Å². The minimum atomic E-state index is -0.123. The number of benzene rings is 1. The van der Waals surface area contributed by atoms with E-state index in [0.29, 0.717) is 11.1 Å². The molecule has 1 fully saturated rings. The van der Waals surface area contributed by atoms with Crippen molar-refractivity contribution in [2.45, 2.75) is 58.9 Å². The van der Waals surface area contributed by atoms with Crippen LogP contribution in [0, 0.1) is 16.7 Å². The number of nitrogens with one attached hydrogen (secondary N) is 1. The average Bonchev–Trinajstić information content (AvgIpc) is 3.38. The van der Waals surface area contributed by atoms with Crippen LogP contribution in [0.25, 0.3) is 5.57 Å². The molecule has 1 aromatic carbocycles. The van der Waals surface area contributed by atoms with E-state index in [1.54, 1.807) is 7.11 Å². The molecule has 1 aromatic heterocycles. The molecule has 198 valence electrons. The number of aromatic amines is 1. The lowest BCUT2D eigenvalue weighted by atomic mass is 9.75. The number of aromatic nitrogens is 2.